The first-order valence-electron chi connectivity index (χ1n) is 5.78. The zero-order valence-corrected chi connectivity index (χ0v) is 11.8. The standard InChI is InChI=1S/C10H24N2O3Si/c1-14-10(13)4-6-12-8-7-11-5-3-9-16-15-2/h11-12H,3-9,16H2,1-2H3. The van der Waals surface area contributed by atoms with Gasteiger partial charge < -0.3 is 19.8 Å². The minimum Gasteiger partial charge on any atom is -0.469 e. The molecule has 96 valence electrons. The van der Waals surface area contributed by atoms with Gasteiger partial charge >= 0.3 is 5.97 Å². The quantitative estimate of drug-likeness (QED) is 0.287. The molecule has 0 aliphatic carbocycles. The maximum absolute atomic E-state index is 10.8. The van der Waals surface area contributed by atoms with Crippen LogP contribution in [0.4, 0.5) is 0 Å². The van der Waals surface area contributed by atoms with Crippen molar-refractivity contribution in [3.05, 3.63) is 0 Å². The van der Waals surface area contributed by atoms with E-state index in [1.54, 1.807) is 7.11 Å². The Morgan fingerprint density at radius 3 is 2.44 bits per heavy atom. The van der Waals surface area contributed by atoms with Crippen LogP contribution in [0.5, 0.6) is 0 Å². The minimum atomic E-state index is -0.245. The van der Waals surface area contributed by atoms with Gasteiger partial charge in [-0.1, -0.05) is 0 Å². The van der Waals surface area contributed by atoms with Crippen molar-refractivity contribution < 1.29 is 14.0 Å². The Balaban J connectivity index is 2.96. The summed E-state index contributed by atoms with van der Waals surface area (Å²) < 4.78 is 9.62. The average molecular weight is 248 g/mol. The SMILES string of the molecule is CO[SiH2]CCCNCCNCCC(=O)OC. The molecule has 0 aliphatic rings. The highest BCUT2D eigenvalue weighted by molar-refractivity contribution is 6.26. The lowest BCUT2D eigenvalue weighted by atomic mass is 10.4. The molecule has 0 aromatic rings. The fourth-order valence-corrected chi connectivity index (χ4v) is 1.96. The van der Waals surface area contributed by atoms with Gasteiger partial charge in [0.25, 0.3) is 0 Å². The summed E-state index contributed by atoms with van der Waals surface area (Å²) in [6.07, 6.45) is 1.64. The average Bonchev–Trinajstić information content (AvgIpc) is 2.31. The molecule has 0 amide bonds. The summed E-state index contributed by atoms with van der Waals surface area (Å²) in [4.78, 5) is 10.8. The van der Waals surface area contributed by atoms with Crippen molar-refractivity contribution in [2.45, 2.75) is 18.9 Å². The third kappa shape index (κ3) is 11.6. The lowest BCUT2D eigenvalue weighted by Crippen LogP contribution is -2.29. The molecule has 0 radical (unpaired) electrons. The van der Waals surface area contributed by atoms with Gasteiger partial charge in [0.2, 0.25) is 0 Å². The molecule has 6 heteroatoms. The van der Waals surface area contributed by atoms with Crippen LogP contribution in [0.1, 0.15) is 12.8 Å². The van der Waals surface area contributed by atoms with Gasteiger partial charge in [0, 0.05) is 26.7 Å². The van der Waals surface area contributed by atoms with Crippen LogP contribution in [0.15, 0.2) is 0 Å². The first-order valence-corrected chi connectivity index (χ1v) is 7.36. The molecule has 0 rings (SSSR count). The summed E-state index contributed by atoms with van der Waals surface area (Å²) in [7, 11) is 2.95. The van der Waals surface area contributed by atoms with Crippen LogP contribution in [0.2, 0.25) is 6.04 Å². The summed E-state index contributed by atoms with van der Waals surface area (Å²) in [6, 6.07) is 1.24. The predicted molar refractivity (Wildman–Crippen MR) is 67.3 cm³/mol. The summed E-state index contributed by atoms with van der Waals surface area (Å²) in [5.41, 5.74) is 0. The highest BCUT2D eigenvalue weighted by Gasteiger charge is 1.97. The molecular weight excluding hydrogens is 224 g/mol. The Bertz CT molecular complexity index is 170. The van der Waals surface area contributed by atoms with Crippen LogP contribution < -0.4 is 10.6 Å². The highest BCUT2D eigenvalue weighted by atomic mass is 28.2. The second kappa shape index (κ2) is 12.6. The van der Waals surface area contributed by atoms with Crippen molar-refractivity contribution in [2.75, 3.05) is 40.4 Å². The fourth-order valence-electron chi connectivity index (χ4n) is 1.22. The Morgan fingerprint density at radius 2 is 1.81 bits per heavy atom. The van der Waals surface area contributed by atoms with Crippen LogP contribution in [-0.4, -0.2) is 56.1 Å². The van der Waals surface area contributed by atoms with Crippen molar-refractivity contribution in [1.82, 2.24) is 10.6 Å². The summed E-state index contributed by atoms with van der Waals surface area (Å²) in [5, 5.41) is 6.51. The van der Waals surface area contributed by atoms with Gasteiger partial charge in [-0.2, -0.15) is 0 Å². The van der Waals surface area contributed by atoms with E-state index in [2.05, 4.69) is 15.4 Å². The minimum absolute atomic E-state index is 0.162. The molecule has 0 aliphatic heterocycles. The number of nitrogens with one attached hydrogen (secondary N) is 2. The van der Waals surface area contributed by atoms with Gasteiger partial charge in [0.1, 0.15) is 0 Å². The number of hydrogen-bond donors (Lipinski definition) is 2. The molecular formula is C10H24N2O3Si. The van der Waals surface area contributed by atoms with E-state index in [1.807, 2.05) is 0 Å². The van der Waals surface area contributed by atoms with Crippen molar-refractivity contribution in [1.29, 1.82) is 0 Å². The van der Waals surface area contributed by atoms with E-state index in [0.29, 0.717) is 13.0 Å². The number of esters is 1. The molecule has 0 heterocycles. The number of ether oxygens (including phenoxy) is 1. The number of methoxy groups -OCH3 is 1. The molecule has 0 fully saturated rings. The van der Waals surface area contributed by atoms with Gasteiger partial charge in [-0.25, -0.2) is 0 Å². The number of hydrogen-bond acceptors (Lipinski definition) is 5. The largest absolute Gasteiger partial charge is 0.469 e. The van der Waals surface area contributed by atoms with Gasteiger partial charge in [-0.05, 0) is 19.0 Å². The lowest BCUT2D eigenvalue weighted by Gasteiger charge is -2.05. The van der Waals surface area contributed by atoms with E-state index in [4.69, 9.17) is 4.43 Å². The van der Waals surface area contributed by atoms with E-state index in [-0.39, 0.29) is 15.7 Å². The zero-order valence-electron chi connectivity index (χ0n) is 10.4. The van der Waals surface area contributed by atoms with Crippen molar-refractivity contribution >= 4 is 15.7 Å². The zero-order chi connectivity index (χ0) is 12.1. The topological polar surface area (TPSA) is 59.6 Å². The molecule has 2 N–H and O–H groups in total. The molecule has 0 aromatic heterocycles. The molecule has 0 unspecified atom stereocenters. The van der Waals surface area contributed by atoms with Crippen molar-refractivity contribution in [2.24, 2.45) is 0 Å². The lowest BCUT2D eigenvalue weighted by molar-refractivity contribution is -0.140. The molecule has 5 nitrogen and oxygen atoms in total. The maximum atomic E-state index is 10.8. The predicted octanol–water partition coefficient (Wildman–Crippen LogP) is -0.733. The number of carbonyl (C=O) groups is 1. The maximum Gasteiger partial charge on any atom is 0.306 e. The molecule has 0 atom stereocenters. The summed E-state index contributed by atoms with van der Waals surface area (Å²) >= 11 is 0. The van der Waals surface area contributed by atoms with Crippen LogP contribution >= 0.6 is 0 Å². The van der Waals surface area contributed by atoms with E-state index in [9.17, 15) is 4.79 Å². The normalized spacial score (nSPS) is 11.1. The molecule has 0 bridgehead atoms. The van der Waals surface area contributed by atoms with Gasteiger partial charge in [-0.15, -0.1) is 0 Å². The van der Waals surface area contributed by atoms with Crippen molar-refractivity contribution in [3.8, 4) is 0 Å². The fraction of sp³-hybridized carbons (Fsp3) is 0.900. The third-order valence-electron chi connectivity index (χ3n) is 2.16. The monoisotopic (exact) mass is 248 g/mol. The van der Waals surface area contributed by atoms with Crippen LogP contribution in [0, 0.1) is 0 Å². The summed E-state index contributed by atoms with van der Waals surface area (Å²) in [6.45, 7) is 3.56. The van der Waals surface area contributed by atoms with E-state index >= 15 is 0 Å². The molecule has 0 aromatic carbocycles. The van der Waals surface area contributed by atoms with Gasteiger partial charge in [-0.3, -0.25) is 4.79 Å². The first kappa shape index (κ1) is 15.6. The van der Waals surface area contributed by atoms with Crippen LogP contribution in [0.3, 0.4) is 0 Å². The van der Waals surface area contributed by atoms with Crippen LogP contribution in [0.25, 0.3) is 0 Å². The Kier molecular flexibility index (Phi) is 12.3. The second-order valence-electron chi connectivity index (χ2n) is 3.53. The first-order chi connectivity index (χ1) is 7.81. The second-order valence-corrected chi connectivity index (χ2v) is 5.22. The number of carbonyl (C=O) groups excluding carboxylic acids is 1. The Hall–Kier alpha value is -0.433. The van der Waals surface area contributed by atoms with Gasteiger partial charge in [0.05, 0.1) is 13.5 Å². The number of rotatable bonds is 11. The smallest absolute Gasteiger partial charge is 0.306 e. The summed E-state index contributed by atoms with van der Waals surface area (Å²) in [5.74, 6) is -0.162. The van der Waals surface area contributed by atoms with Crippen LogP contribution in [-0.2, 0) is 14.0 Å². The van der Waals surface area contributed by atoms with Crippen molar-refractivity contribution in [3.63, 3.8) is 0 Å². The Labute approximate surface area is 100 Å². The molecule has 0 spiro atoms. The van der Waals surface area contributed by atoms with Gasteiger partial charge in [0.15, 0.2) is 9.76 Å². The van der Waals surface area contributed by atoms with E-state index in [1.165, 1.54) is 19.6 Å². The van der Waals surface area contributed by atoms with E-state index < -0.39 is 0 Å². The van der Waals surface area contributed by atoms with E-state index in [0.717, 1.165) is 19.6 Å². The Morgan fingerprint density at radius 1 is 1.12 bits per heavy atom. The highest BCUT2D eigenvalue weighted by Crippen LogP contribution is 1.85. The molecule has 0 saturated heterocycles. The third-order valence-corrected chi connectivity index (χ3v) is 3.36. The molecule has 0 saturated carbocycles. The molecule has 16 heavy (non-hydrogen) atoms.